The zero-order valence-corrected chi connectivity index (χ0v) is 12.6. The fourth-order valence-corrected chi connectivity index (χ4v) is 2.16. The Morgan fingerprint density at radius 2 is 1.57 bits per heavy atom. The van der Waals surface area contributed by atoms with Crippen molar-refractivity contribution in [3.8, 4) is 11.8 Å². The molecule has 0 aliphatic carbocycles. The van der Waals surface area contributed by atoms with Gasteiger partial charge >= 0.3 is 6.18 Å². The molecule has 120 valence electrons. The lowest BCUT2D eigenvalue weighted by molar-refractivity contribution is -0.165. The van der Waals surface area contributed by atoms with E-state index in [0.717, 1.165) is 5.56 Å². The highest BCUT2D eigenvalue weighted by Gasteiger charge is 2.57. The van der Waals surface area contributed by atoms with Crippen LogP contribution in [0.25, 0.3) is 0 Å². The van der Waals surface area contributed by atoms with Crippen molar-refractivity contribution in [3.05, 3.63) is 59.7 Å². The number of hydrogen-bond donors (Lipinski definition) is 1. The van der Waals surface area contributed by atoms with Crippen LogP contribution >= 0.6 is 0 Å². The molecule has 0 aliphatic rings. The molecule has 0 amide bonds. The highest BCUT2D eigenvalue weighted by atomic mass is 19.4. The number of alkyl halides is 3. The first-order valence-electron chi connectivity index (χ1n) is 6.80. The van der Waals surface area contributed by atoms with Crippen LogP contribution in [0.3, 0.4) is 0 Å². The Hall–Kier alpha value is -2.68. The summed E-state index contributed by atoms with van der Waals surface area (Å²) in [7, 11) is 1.46. The second-order valence-corrected chi connectivity index (χ2v) is 5.08. The first-order chi connectivity index (χ1) is 10.8. The number of halogens is 3. The average molecular weight is 320 g/mol. The first-order valence-corrected chi connectivity index (χ1v) is 6.80. The van der Waals surface area contributed by atoms with Crippen molar-refractivity contribution in [2.75, 3.05) is 12.4 Å². The van der Waals surface area contributed by atoms with Crippen molar-refractivity contribution in [2.24, 2.45) is 0 Å². The van der Waals surface area contributed by atoms with Crippen LogP contribution in [0.4, 0.5) is 18.9 Å². The minimum Gasteiger partial charge on any atom is -0.497 e. The van der Waals surface area contributed by atoms with Gasteiger partial charge in [-0.2, -0.15) is 18.4 Å². The van der Waals surface area contributed by atoms with Crippen LogP contribution in [-0.4, -0.2) is 13.3 Å². The third-order valence-electron chi connectivity index (χ3n) is 3.50. The van der Waals surface area contributed by atoms with Crippen LogP contribution in [0.15, 0.2) is 48.5 Å². The maximum Gasteiger partial charge on any atom is 0.429 e. The average Bonchev–Trinajstić information content (AvgIpc) is 2.53. The summed E-state index contributed by atoms with van der Waals surface area (Å²) in [6.07, 6.45) is -4.79. The zero-order chi connectivity index (χ0) is 17.1. The molecule has 0 spiro atoms. The van der Waals surface area contributed by atoms with Crippen LogP contribution < -0.4 is 10.1 Å². The number of methoxy groups -OCH3 is 1. The summed E-state index contributed by atoms with van der Waals surface area (Å²) < 4.78 is 46.0. The molecule has 0 unspecified atom stereocenters. The SMILES string of the molecule is COc1ccc(N[C@](C#N)(c2ccc(C)cc2)C(F)(F)F)cc1. The molecular weight excluding hydrogens is 305 g/mol. The van der Waals surface area contributed by atoms with E-state index < -0.39 is 11.7 Å². The number of nitriles is 1. The van der Waals surface area contributed by atoms with Crippen LogP contribution in [0.5, 0.6) is 5.75 Å². The molecule has 0 fully saturated rings. The Kier molecular flexibility index (Phi) is 4.50. The third kappa shape index (κ3) is 3.24. The van der Waals surface area contributed by atoms with Gasteiger partial charge in [0.15, 0.2) is 0 Å². The van der Waals surface area contributed by atoms with E-state index in [-0.39, 0.29) is 11.3 Å². The minimum absolute atomic E-state index is 0.158. The van der Waals surface area contributed by atoms with Gasteiger partial charge < -0.3 is 10.1 Å². The Labute approximate surface area is 132 Å². The topological polar surface area (TPSA) is 45.0 Å². The molecule has 6 heteroatoms. The van der Waals surface area contributed by atoms with Crippen LogP contribution in [0.1, 0.15) is 11.1 Å². The standard InChI is InChI=1S/C17H15F3N2O/c1-12-3-5-13(6-4-12)16(11-21,17(18,19)20)22-14-7-9-15(23-2)10-8-14/h3-10,22H,1-2H3/t16-/m1/s1. The number of nitrogens with one attached hydrogen (secondary N) is 1. The van der Waals surface area contributed by atoms with E-state index in [4.69, 9.17) is 4.74 Å². The Bertz CT molecular complexity index is 703. The van der Waals surface area contributed by atoms with Crippen molar-refractivity contribution in [3.63, 3.8) is 0 Å². The molecule has 0 bridgehead atoms. The summed E-state index contributed by atoms with van der Waals surface area (Å²) in [6, 6.07) is 13.0. The summed E-state index contributed by atoms with van der Waals surface area (Å²) in [6.45, 7) is 1.77. The number of ether oxygens (including phenoxy) is 1. The molecule has 2 aromatic carbocycles. The molecule has 0 saturated carbocycles. The molecule has 2 aromatic rings. The van der Waals surface area contributed by atoms with Crippen LogP contribution in [-0.2, 0) is 5.54 Å². The van der Waals surface area contributed by atoms with Gasteiger partial charge in [0, 0.05) is 11.3 Å². The van der Waals surface area contributed by atoms with E-state index in [9.17, 15) is 18.4 Å². The van der Waals surface area contributed by atoms with E-state index in [0.29, 0.717) is 5.75 Å². The van der Waals surface area contributed by atoms with Crippen molar-refractivity contribution in [1.29, 1.82) is 5.26 Å². The summed E-state index contributed by atoms with van der Waals surface area (Å²) in [5.41, 5.74) is -2.00. The van der Waals surface area contributed by atoms with Gasteiger partial charge in [0.2, 0.25) is 5.54 Å². The quantitative estimate of drug-likeness (QED) is 0.908. The molecule has 0 aromatic heterocycles. The van der Waals surface area contributed by atoms with Crippen molar-refractivity contribution in [1.82, 2.24) is 0 Å². The summed E-state index contributed by atoms with van der Waals surface area (Å²) in [5, 5.41) is 11.7. The Morgan fingerprint density at radius 1 is 1.00 bits per heavy atom. The van der Waals surface area contributed by atoms with E-state index in [1.54, 1.807) is 19.1 Å². The Balaban J connectivity index is 2.49. The highest BCUT2D eigenvalue weighted by molar-refractivity contribution is 5.54. The van der Waals surface area contributed by atoms with Gasteiger partial charge in [0.25, 0.3) is 0 Å². The lowest BCUT2D eigenvalue weighted by Crippen LogP contribution is -2.47. The van der Waals surface area contributed by atoms with Gasteiger partial charge in [-0.1, -0.05) is 29.8 Å². The number of hydrogen-bond acceptors (Lipinski definition) is 3. The van der Waals surface area contributed by atoms with E-state index in [2.05, 4.69) is 5.32 Å². The maximum atomic E-state index is 13.7. The minimum atomic E-state index is -4.79. The van der Waals surface area contributed by atoms with Crippen molar-refractivity contribution in [2.45, 2.75) is 18.6 Å². The second-order valence-electron chi connectivity index (χ2n) is 5.08. The Morgan fingerprint density at radius 3 is 2.00 bits per heavy atom. The first kappa shape index (κ1) is 16.7. The molecule has 1 atom stereocenters. The number of aryl methyl sites for hydroxylation is 1. The predicted octanol–water partition coefficient (Wildman–Crippen LogP) is 4.40. The maximum absolute atomic E-state index is 13.7. The molecule has 23 heavy (non-hydrogen) atoms. The number of rotatable bonds is 4. The summed E-state index contributed by atoms with van der Waals surface area (Å²) in [5.74, 6) is 0.514. The molecule has 2 rings (SSSR count). The third-order valence-corrected chi connectivity index (χ3v) is 3.50. The van der Waals surface area contributed by atoms with Gasteiger partial charge in [-0.15, -0.1) is 0 Å². The fourth-order valence-electron chi connectivity index (χ4n) is 2.16. The lowest BCUT2D eigenvalue weighted by atomic mass is 9.89. The van der Waals surface area contributed by atoms with Gasteiger partial charge in [0.05, 0.1) is 7.11 Å². The van der Waals surface area contributed by atoms with E-state index in [1.165, 1.54) is 49.6 Å². The number of benzene rings is 2. The molecule has 0 saturated heterocycles. The molecule has 0 aliphatic heterocycles. The lowest BCUT2D eigenvalue weighted by Gasteiger charge is -2.31. The monoisotopic (exact) mass is 320 g/mol. The van der Waals surface area contributed by atoms with Crippen molar-refractivity contribution < 1.29 is 17.9 Å². The molecule has 1 N–H and O–H groups in total. The zero-order valence-electron chi connectivity index (χ0n) is 12.6. The summed E-state index contributed by atoms with van der Waals surface area (Å²) >= 11 is 0. The smallest absolute Gasteiger partial charge is 0.429 e. The van der Waals surface area contributed by atoms with Gasteiger partial charge in [0.1, 0.15) is 11.8 Å². The molecular formula is C17H15F3N2O. The molecule has 0 radical (unpaired) electrons. The van der Waals surface area contributed by atoms with E-state index >= 15 is 0 Å². The number of nitrogens with zero attached hydrogens (tertiary/aromatic N) is 1. The van der Waals surface area contributed by atoms with E-state index in [1.807, 2.05) is 0 Å². The fraction of sp³-hybridized carbons (Fsp3) is 0.235. The normalized spacial score (nSPS) is 13.7. The molecule has 3 nitrogen and oxygen atoms in total. The highest BCUT2D eigenvalue weighted by Crippen LogP contribution is 2.41. The number of anilines is 1. The van der Waals surface area contributed by atoms with Gasteiger partial charge in [-0.05, 0) is 31.2 Å². The second kappa shape index (κ2) is 6.21. The predicted molar refractivity (Wildman–Crippen MR) is 81.1 cm³/mol. The largest absolute Gasteiger partial charge is 0.497 e. The van der Waals surface area contributed by atoms with Gasteiger partial charge in [-0.3, -0.25) is 0 Å². The van der Waals surface area contributed by atoms with Crippen molar-refractivity contribution >= 4 is 5.69 Å². The summed E-state index contributed by atoms with van der Waals surface area (Å²) in [4.78, 5) is 0. The van der Waals surface area contributed by atoms with Crippen LogP contribution in [0, 0.1) is 18.3 Å². The van der Waals surface area contributed by atoms with Gasteiger partial charge in [-0.25, -0.2) is 0 Å². The van der Waals surface area contributed by atoms with Crippen LogP contribution in [0.2, 0.25) is 0 Å². The molecule has 0 heterocycles.